The number of aryl methyl sites for hydroxylation is 2. The molecule has 0 spiro atoms. The molecule has 1 N–H and O–H groups in total. The van der Waals surface area contributed by atoms with Gasteiger partial charge < -0.3 is 5.32 Å². The molecule has 0 saturated heterocycles. The van der Waals surface area contributed by atoms with Crippen LogP contribution in [-0.2, 0) is 17.6 Å². The first-order valence-corrected chi connectivity index (χ1v) is 7.67. The first kappa shape index (κ1) is 15.9. The normalized spacial score (nSPS) is 10.4. The molecule has 2 aromatic rings. The molecule has 0 radical (unpaired) electrons. The van der Waals surface area contributed by atoms with Gasteiger partial charge in [0, 0.05) is 11.4 Å². The quantitative estimate of drug-likeness (QED) is 0.812. The molecular formula is C17H17Cl2NO. The minimum atomic E-state index is -0.0706. The SMILES string of the molecule is CCc1ccc(CCC(=O)Nc2cc(Cl)ccc2Cl)cc1. The van der Waals surface area contributed by atoms with Crippen LogP contribution in [0.3, 0.4) is 0 Å². The number of carbonyl (C=O) groups excluding carboxylic acids is 1. The van der Waals surface area contributed by atoms with Crippen LogP contribution in [0.4, 0.5) is 5.69 Å². The van der Waals surface area contributed by atoms with E-state index in [1.165, 1.54) is 5.56 Å². The van der Waals surface area contributed by atoms with Gasteiger partial charge in [0.05, 0.1) is 10.7 Å². The molecule has 0 unspecified atom stereocenters. The summed E-state index contributed by atoms with van der Waals surface area (Å²) in [5, 5.41) is 3.82. The Bertz CT molecular complexity index is 623. The van der Waals surface area contributed by atoms with Crippen LogP contribution < -0.4 is 5.32 Å². The minimum absolute atomic E-state index is 0.0706. The highest BCUT2D eigenvalue weighted by atomic mass is 35.5. The second kappa shape index (κ2) is 7.48. The molecule has 2 aromatic carbocycles. The van der Waals surface area contributed by atoms with Crippen LogP contribution in [0.1, 0.15) is 24.5 Å². The molecule has 0 bridgehead atoms. The monoisotopic (exact) mass is 321 g/mol. The maximum Gasteiger partial charge on any atom is 0.224 e. The highest BCUT2D eigenvalue weighted by Crippen LogP contribution is 2.25. The topological polar surface area (TPSA) is 29.1 Å². The van der Waals surface area contributed by atoms with E-state index < -0.39 is 0 Å². The number of hydrogen-bond donors (Lipinski definition) is 1. The van der Waals surface area contributed by atoms with Crippen LogP contribution in [0.2, 0.25) is 10.0 Å². The van der Waals surface area contributed by atoms with Gasteiger partial charge in [-0.25, -0.2) is 0 Å². The Morgan fingerprint density at radius 3 is 2.38 bits per heavy atom. The lowest BCUT2D eigenvalue weighted by Crippen LogP contribution is -2.12. The summed E-state index contributed by atoms with van der Waals surface area (Å²) in [6.07, 6.45) is 2.14. The molecule has 0 saturated carbocycles. The Morgan fingerprint density at radius 1 is 1.05 bits per heavy atom. The summed E-state index contributed by atoms with van der Waals surface area (Å²) < 4.78 is 0. The van der Waals surface area contributed by atoms with Crippen LogP contribution in [-0.4, -0.2) is 5.91 Å². The third-order valence-electron chi connectivity index (χ3n) is 3.27. The molecule has 0 aliphatic heterocycles. The van der Waals surface area contributed by atoms with Crippen LogP contribution in [0.15, 0.2) is 42.5 Å². The fourth-order valence-corrected chi connectivity index (χ4v) is 2.34. The Labute approximate surface area is 135 Å². The summed E-state index contributed by atoms with van der Waals surface area (Å²) in [7, 11) is 0. The molecule has 2 nitrogen and oxygen atoms in total. The predicted octanol–water partition coefficient (Wildman–Crippen LogP) is 5.13. The van der Waals surface area contributed by atoms with E-state index in [-0.39, 0.29) is 5.91 Å². The standard InChI is InChI=1S/C17H17Cl2NO/c1-2-12-3-5-13(6-4-12)7-10-17(21)20-16-11-14(18)8-9-15(16)19/h3-6,8-9,11H,2,7,10H2,1H3,(H,20,21). The first-order chi connectivity index (χ1) is 10.1. The predicted molar refractivity (Wildman–Crippen MR) is 89.2 cm³/mol. The van der Waals surface area contributed by atoms with E-state index >= 15 is 0 Å². The number of anilines is 1. The summed E-state index contributed by atoms with van der Waals surface area (Å²) in [4.78, 5) is 12.0. The zero-order valence-electron chi connectivity index (χ0n) is 11.8. The van der Waals surface area contributed by atoms with Gasteiger partial charge in [-0.05, 0) is 42.2 Å². The van der Waals surface area contributed by atoms with Crippen molar-refractivity contribution in [2.45, 2.75) is 26.2 Å². The number of nitrogens with one attached hydrogen (secondary N) is 1. The zero-order valence-corrected chi connectivity index (χ0v) is 13.3. The van der Waals surface area contributed by atoms with E-state index in [2.05, 4.69) is 36.5 Å². The largest absolute Gasteiger partial charge is 0.325 e. The Morgan fingerprint density at radius 2 is 1.71 bits per heavy atom. The van der Waals surface area contributed by atoms with Crippen molar-refractivity contribution in [1.29, 1.82) is 0 Å². The molecule has 21 heavy (non-hydrogen) atoms. The molecule has 1 amide bonds. The summed E-state index contributed by atoms with van der Waals surface area (Å²) >= 11 is 11.9. The molecule has 0 aliphatic carbocycles. The summed E-state index contributed by atoms with van der Waals surface area (Å²) in [5.74, 6) is -0.0706. The summed E-state index contributed by atoms with van der Waals surface area (Å²) in [5.41, 5.74) is 3.00. The number of hydrogen-bond acceptors (Lipinski definition) is 1. The third-order valence-corrected chi connectivity index (χ3v) is 3.84. The molecule has 110 valence electrons. The van der Waals surface area contributed by atoms with E-state index in [1.54, 1.807) is 18.2 Å². The number of benzene rings is 2. The van der Waals surface area contributed by atoms with Gasteiger partial charge in [0.15, 0.2) is 0 Å². The fourth-order valence-electron chi connectivity index (χ4n) is 2.01. The average molecular weight is 322 g/mol. The van der Waals surface area contributed by atoms with Crippen molar-refractivity contribution in [2.75, 3.05) is 5.32 Å². The highest BCUT2D eigenvalue weighted by molar-refractivity contribution is 6.35. The fraction of sp³-hybridized carbons (Fsp3) is 0.235. The van der Waals surface area contributed by atoms with E-state index in [1.807, 2.05) is 0 Å². The van der Waals surface area contributed by atoms with Crippen molar-refractivity contribution in [1.82, 2.24) is 0 Å². The van der Waals surface area contributed by atoms with Gasteiger partial charge in [0.1, 0.15) is 0 Å². The van der Waals surface area contributed by atoms with E-state index in [0.717, 1.165) is 12.0 Å². The van der Waals surface area contributed by atoms with Crippen LogP contribution in [0.25, 0.3) is 0 Å². The number of carbonyl (C=O) groups is 1. The van der Waals surface area contributed by atoms with Crippen molar-refractivity contribution in [3.05, 3.63) is 63.6 Å². The lowest BCUT2D eigenvalue weighted by molar-refractivity contribution is -0.116. The smallest absolute Gasteiger partial charge is 0.224 e. The molecular weight excluding hydrogens is 305 g/mol. The molecule has 0 atom stereocenters. The van der Waals surface area contributed by atoms with Gasteiger partial charge in [-0.15, -0.1) is 0 Å². The number of amides is 1. The van der Waals surface area contributed by atoms with Gasteiger partial charge >= 0.3 is 0 Å². The van der Waals surface area contributed by atoms with Crippen LogP contribution >= 0.6 is 23.2 Å². The Hall–Kier alpha value is -1.51. The summed E-state index contributed by atoms with van der Waals surface area (Å²) in [6.45, 7) is 2.12. The Kier molecular flexibility index (Phi) is 5.66. The molecule has 2 rings (SSSR count). The average Bonchev–Trinajstić information content (AvgIpc) is 2.49. The zero-order chi connectivity index (χ0) is 15.2. The molecule has 0 aliphatic rings. The van der Waals surface area contributed by atoms with Crippen molar-refractivity contribution in [3.63, 3.8) is 0 Å². The molecule has 0 fully saturated rings. The highest BCUT2D eigenvalue weighted by Gasteiger charge is 2.07. The Balaban J connectivity index is 1.91. The van der Waals surface area contributed by atoms with Gasteiger partial charge in [-0.2, -0.15) is 0 Å². The van der Waals surface area contributed by atoms with Gasteiger partial charge in [-0.3, -0.25) is 4.79 Å². The third kappa shape index (κ3) is 4.76. The number of rotatable bonds is 5. The molecule has 4 heteroatoms. The maximum absolute atomic E-state index is 12.0. The second-order valence-electron chi connectivity index (χ2n) is 4.84. The van der Waals surface area contributed by atoms with Gasteiger partial charge in [0.25, 0.3) is 0 Å². The lowest BCUT2D eigenvalue weighted by Gasteiger charge is -2.08. The maximum atomic E-state index is 12.0. The lowest BCUT2D eigenvalue weighted by atomic mass is 10.1. The van der Waals surface area contributed by atoms with E-state index in [9.17, 15) is 4.79 Å². The molecule has 0 heterocycles. The van der Waals surface area contributed by atoms with Crippen molar-refractivity contribution in [3.8, 4) is 0 Å². The van der Waals surface area contributed by atoms with Crippen LogP contribution in [0, 0.1) is 0 Å². The van der Waals surface area contributed by atoms with Gasteiger partial charge in [0.2, 0.25) is 5.91 Å². The number of halogens is 2. The van der Waals surface area contributed by atoms with E-state index in [0.29, 0.717) is 28.6 Å². The first-order valence-electron chi connectivity index (χ1n) is 6.91. The summed E-state index contributed by atoms with van der Waals surface area (Å²) in [6, 6.07) is 13.3. The van der Waals surface area contributed by atoms with Crippen molar-refractivity contribution >= 4 is 34.8 Å². The minimum Gasteiger partial charge on any atom is -0.325 e. The second-order valence-corrected chi connectivity index (χ2v) is 5.69. The van der Waals surface area contributed by atoms with Crippen molar-refractivity contribution < 1.29 is 4.79 Å². The van der Waals surface area contributed by atoms with E-state index in [4.69, 9.17) is 23.2 Å². The molecule has 0 aromatic heterocycles. The van der Waals surface area contributed by atoms with Crippen LogP contribution in [0.5, 0.6) is 0 Å². The van der Waals surface area contributed by atoms with Gasteiger partial charge in [-0.1, -0.05) is 54.4 Å². The van der Waals surface area contributed by atoms with Crippen molar-refractivity contribution in [2.24, 2.45) is 0 Å².